The zero-order chi connectivity index (χ0) is 24.0. The van der Waals surface area contributed by atoms with Crippen molar-refractivity contribution in [2.24, 2.45) is 0 Å². The summed E-state index contributed by atoms with van der Waals surface area (Å²) in [5.41, 5.74) is 0.942. The Bertz CT molecular complexity index is 1010. The van der Waals surface area contributed by atoms with E-state index < -0.39 is 23.6 Å². The van der Waals surface area contributed by atoms with E-state index in [9.17, 15) is 22.8 Å². The number of halogens is 3. The molecule has 1 aliphatic rings. The number of thiocarbonyl (C=S) groups is 1. The van der Waals surface area contributed by atoms with Crippen LogP contribution in [0.4, 0.5) is 13.2 Å². The minimum Gasteiger partial charge on any atom is -0.371 e. The highest BCUT2D eigenvalue weighted by Crippen LogP contribution is 2.29. The summed E-state index contributed by atoms with van der Waals surface area (Å²) in [5.74, 6) is -1.18. The Hall–Kier alpha value is -2.94. The van der Waals surface area contributed by atoms with Gasteiger partial charge in [0.05, 0.1) is 12.1 Å². The molecule has 0 saturated heterocycles. The average molecular weight is 477 g/mol. The molecule has 5 nitrogen and oxygen atoms in total. The number of hydrogen-bond donors (Lipinski definition) is 3. The zero-order valence-corrected chi connectivity index (χ0v) is 18.9. The fourth-order valence-corrected chi connectivity index (χ4v) is 3.89. The van der Waals surface area contributed by atoms with Crippen molar-refractivity contribution in [2.75, 3.05) is 6.54 Å². The van der Waals surface area contributed by atoms with Crippen LogP contribution >= 0.6 is 12.2 Å². The van der Waals surface area contributed by atoms with E-state index in [-0.39, 0.29) is 24.2 Å². The molecule has 2 unspecified atom stereocenters. The summed E-state index contributed by atoms with van der Waals surface area (Å²) in [7, 11) is 0. The summed E-state index contributed by atoms with van der Waals surface area (Å²) in [5, 5.41) is 8.59. The van der Waals surface area contributed by atoms with E-state index in [0.29, 0.717) is 11.4 Å². The molecule has 1 aliphatic carbocycles. The number of carbonyl (C=O) groups is 2. The highest BCUT2D eigenvalue weighted by molar-refractivity contribution is 7.80. The molecule has 0 spiro atoms. The molecule has 2 amide bonds. The normalized spacial score (nSPS) is 18.3. The summed E-state index contributed by atoms with van der Waals surface area (Å²) in [6.45, 7) is 1.65. The lowest BCUT2D eigenvalue weighted by atomic mass is 9.90. The van der Waals surface area contributed by atoms with Gasteiger partial charge in [-0.1, -0.05) is 48.1 Å². The summed E-state index contributed by atoms with van der Waals surface area (Å²) < 4.78 is 38.5. The summed E-state index contributed by atoms with van der Waals surface area (Å²) in [4.78, 5) is 25.2. The van der Waals surface area contributed by atoms with Crippen molar-refractivity contribution >= 4 is 29.0 Å². The molecule has 3 rings (SSSR count). The van der Waals surface area contributed by atoms with Gasteiger partial charge >= 0.3 is 6.18 Å². The van der Waals surface area contributed by atoms with Crippen LogP contribution in [0.2, 0.25) is 0 Å². The van der Waals surface area contributed by atoms with Crippen molar-refractivity contribution in [1.29, 1.82) is 0 Å². The van der Waals surface area contributed by atoms with Crippen LogP contribution in [-0.4, -0.2) is 35.4 Å². The molecule has 9 heteroatoms. The molecule has 3 N–H and O–H groups in total. The molecule has 2 aromatic carbocycles. The first kappa shape index (κ1) is 24.7. The van der Waals surface area contributed by atoms with E-state index in [2.05, 4.69) is 22.4 Å². The van der Waals surface area contributed by atoms with Crippen molar-refractivity contribution in [2.45, 2.75) is 44.4 Å². The number of rotatable bonds is 6. The minimum atomic E-state index is -4.55. The van der Waals surface area contributed by atoms with Gasteiger partial charge in [0.25, 0.3) is 5.91 Å². The molecule has 2 aromatic rings. The third-order valence-electron chi connectivity index (χ3n) is 5.43. The maximum atomic E-state index is 12.8. The van der Waals surface area contributed by atoms with Crippen LogP contribution in [0, 0.1) is 13.3 Å². The zero-order valence-electron chi connectivity index (χ0n) is 18.0. The topological polar surface area (TPSA) is 70.2 Å². The highest BCUT2D eigenvalue weighted by Gasteiger charge is 2.31. The molecular formula is C24H25F3N3O2S. The SMILES string of the molecule is Cc1ccc(C(=S)NC2CC[CH]CC2NC(=O)CNC(=O)c2cccc(C(F)(F)F)c2)cc1. The van der Waals surface area contributed by atoms with Gasteiger partial charge in [-0.05, 0) is 50.8 Å². The van der Waals surface area contributed by atoms with Crippen molar-refractivity contribution in [3.05, 3.63) is 77.2 Å². The molecule has 175 valence electrons. The maximum Gasteiger partial charge on any atom is 0.416 e. The Morgan fingerprint density at radius 2 is 1.76 bits per heavy atom. The maximum absolute atomic E-state index is 12.8. The lowest BCUT2D eigenvalue weighted by Crippen LogP contribution is -2.54. The number of amides is 2. The van der Waals surface area contributed by atoms with Gasteiger partial charge < -0.3 is 16.0 Å². The first-order valence-electron chi connectivity index (χ1n) is 10.6. The fourth-order valence-electron chi connectivity index (χ4n) is 3.61. The Labute approximate surface area is 196 Å². The lowest BCUT2D eigenvalue weighted by molar-refractivity contribution is -0.137. The smallest absolute Gasteiger partial charge is 0.371 e. The molecular weight excluding hydrogens is 451 g/mol. The Morgan fingerprint density at radius 3 is 2.45 bits per heavy atom. The standard InChI is InChI=1S/C24H25F3N3O2S/c1-15-9-11-16(12-10-15)23(33)30-20-8-3-2-7-19(20)29-21(31)14-28-22(32)17-5-4-6-18(13-17)24(25,26)27/h2,4-6,9-13,19-20H,3,7-8,14H2,1H3,(H,28,32)(H,29,31)(H,30,33). The van der Waals surface area contributed by atoms with Crippen LogP contribution in [0.25, 0.3) is 0 Å². The van der Waals surface area contributed by atoms with Crippen LogP contribution in [0.1, 0.15) is 46.3 Å². The van der Waals surface area contributed by atoms with Gasteiger partial charge in [-0.25, -0.2) is 0 Å². The number of benzene rings is 2. The molecule has 1 radical (unpaired) electrons. The Balaban J connectivity index is 1.54. The van der Waals surface area contributed by atoms with E-state index in [1.807, 2.05) is 31.2 Å². The first-order chi connectivity index (χ1) is 15.6. The van der Waals surface area contributed by atoms with Crippen LogP contribution < -0.4 is 16.0 Å². The van der Waals surface area contributed by atoms with Crippen molar-refractivity contribution in [1.82, 2.24) is 16.0 Å². The van der Waals surface area contributed by atoms with E-state index in [0.717, 1.165) is 42.2 Å². The van der Waals surface area contributed by atoms with Gasteiger partial charge in [-0.2, -0.15) is 13.2 Å². The van der Waals surface area contributed by atoms with Gasteiger partial charge in [0, 0.05) is 23.2 Å². The summed E-state index contributed by atoms with van der Waals surface area (Å²) in [6.07, 6.45) is -0.159. The predicted octanol–water partition coefficient (Wildman–Crippen LogP) is 3.95. The number of alkyl halides is 3. The second-order valence-corrected chi connectivity index (χ2v) is 8.39. The molecule has 0 bridgehead atoms. The second-order valence-electron chi connectivity index (χ2n) is 7.98. The molecule has 2 atom stereocenters. The van der Waals surface area contributed by atoms with Gasteiger partial charge in [0.2, 0.25) is 5.91 Å². The van der Waals surface area contributed by atoms with Gasteiger partial charge in [0.1, 0.15) is 4.99 Å². The van der Waals surface area contributed by atoms with Gasteiger partial charge in [-0.15, -0.1) is 0 Å². The van der Waals surface area contributed by atoms with Crippen molar-refractivity contribution < 1.29 is 22.8 Å². The first-order valence-corrected chi connectivity index (χ1v) is 11.0. The minimum absolute atomic E-state index is 0.0769. The van der Waals surface area contributed by atoms with Gasteiger partial charge in [-0.3, -0.25) is 9.59 Å². The molecule has 0 aromatic heterocycles. The number of aryl methyl sites for hydroxylation is 1. The lowest BCUT2D eigenvalue weighted by Gasteiger charge is -2.33. The molecule has 0 aliphatic heterocycles. The van der Waals surface area contributed by atoms with E-state index in [4.69, 9.17) is 12.2 Å². The molecule has 0 heterocycles. The highest BCUT2D eigenvalue weighted by atomic mass is 32.1. The number of nitrogens with one attached hydrogen (secondary N) is 3. The van der Waals surface area contributed by atoms with E-state index in [1.165, 1.54) is 6.07 Å². The van der Waals surface area contributed by atoms with Crippen LogP contribution in [0.3, 0.4) is 0 Å². The molecule has 33 heavy (non-hydrogen) atoms. The summed E-state index contributed by atoms with van der Waals surface area (Å²) >= 11 is 5.52. The van der Waals surface area contributed by atoms with Crippen LogP contribution in [0.5, 0.6) is 0 Å². The fraction of sp³-hybridized carbons (Fsp3) is 0.333. The predicted molar refractivity (Wildman–Crippen MR) is 124 cm³/mol. The summed E-state index contributed by atoms with van der Waals surface area (Å²) in [6, 6.07) is 11.6. The van der Waals surface area contributed by atoms with Crippen molar-refractivity contribution in [3.63, 3.8) is 0 Å². The average Bonchev–Trinajstić information content (AvgIpc) is 2.78. The van der Waals surface area contributed by atoms with Crippen LogP contribution in [-0.2, 0) is 11.0 Å². The van der Waals surface area contributed by atoms with Crippen LogP contribution in [0.15, 0.2) is 48.5 Å². The van der Waals surface area contributed by atoms with E-state index in [1.54, 1.807) is 0 Å². The third-order valence-corrected chi connectivity index (χ3v) is 5.78. The van der Waals surface area contributed by atoms with E-state index >= 15 is 0 Å². The third kappa shape index (κ3) is 7.02. The second kappa shape index (κ2) is 10.8. The monoisotopic (exact) mass is 476 g/mol. The molecule has 1 saturated carbocycles. The Kier molecular flexibility index (Phi) is 8.07. The Morgan fingerprint density at radius 1 is 1.03 bits per heavy atom. The number of carbonyl (C=O) groups excluding carboxylic acids is 2. The van der Waals surface area contributed by atoms with Gasteiger partial charge in [0.15, 0.2) is 0 Å². The molecule has 1 fully saturated rings. The quantitative estimate of drug-likeness (QED) is 0.553. The largest absolute Gasteiger partial charge is 0.416 e. The van der Waals surface area contributed by atoms with Crippen molar-refractivity contribution in [3.8, 4) is 0 Å². The number of hydrogen-bond acceptors (Lipinski definition) is 3.